The predicted octanol–water partition coefficient (Wildman–Crippen LogP) is 0.152. The van der Waals surface area contributed by atoms with Crippen molar-refractivity contribution >= 4 is 11.9 Å². The number of ether oxygens (including phenoxy) is 2. The molecule has 0 aliphatic carbocycles. The van der Waals surface area contributed by atoms with E-state index in [0.29, 0.717) is 0 Å². The number of carbonyl (C=O) groups is 2. The van der Waals surface area contributed by atoms with Gasteiger partial charge < -0.3 is 14.3 Å². The third-order valence-electron chi connectivity index (χ3n) is 1.59. The fraction of sp³-hybridized carbons (Fsp3) is 0.778. The maximum atomic E-state index is 11.0. The molecule has 0 heterocycles. The van der Waals surface area contributed by atoms with E-state index in [4.69, 9.17) is 5.90 Å². The highest BCUT2D eigenvalue weighted by atomic mass is 16.6. The molecule has 0 aliphatic rings. The average Bonchev–Trinajstić information content (AvgIpc) is 2.17. The smallest absolute Gasteiger partial charge is 0.308 e. The molecule has 6 heteroatoms. The predicted molar refractivity (Wildman–Crippen MR) is 51.6 cm³/mol. The quantitative estimate of drug-likeness (QED) is 0.484. The largest absolute Gasteiger partial charge is 0.466 e. The molecule has 0 rings (SSSR count). The van der Waals surface area contributed by atoms with Crippen molar-refractivity contribution in [2.24, 2.45) is 5.90 Å². The van der Waals surface area contributed by atoms with Crippen LogP contribution in [0.4, 0.5) is 0 Å². The summed E-state index contributed by atoms with van der Waals surface area (Å²) < 4.78 is 9.38. The van der Waals surface area contributed by atoms with E-state index in [1.165, 1.54) is 0 Å². The van der Waals surface area contributed by atoms with Crippen molar-refractivity contribution in [2.45, 2.75) is 32.8 Å². The molecule has 0 aliphatic heterocycles. The van der Waals surface area contributed by atoms with E-state index >= 15 is 0 Å². The first kappa shape index (κ1) is 13.9. The Labute approximate surface area is 88.6 Å². The molecular formula is C9H17NO5. The first-order valence-corrected chi connectivity index (χ1v) is 4.80. The Bertz CT molecular complexity index is 187. The number of carbonyl (C=O) groups excluding carboxylic acids is 2. The highest BCUT2D eigenvalue weighted by molar-refractivity contribution is 5.73. The molecule has 0 saturated heterocycles. The Morgan fingerprint density at radius 1 is 1.07 bits per heavy atom. The van der Waals surface area contributed by atoms with Crippen LogP contribution in [0.25, 0.3) is 0 Å². The fourth-order valence-corrected chi connectivity index (χ4v) is 0.980. The minimum Gasteiger partial charge on any atom is -0.466 e. The van der Waals surface area contributed by atoms with Crippen LogP contribution in [0.2, 0.25) is 0 Å². The van der Waals surface area contributed by atoms with E-state index in [2.05, 4.69) is 14.3 Å². The summed E-state index contributed by atoms with van der Waals surface area (Å²) in [7, 11) is 0. The number of hydrogen-bond acceptors (Lipinski definition) is 6. The SMILES string of the molecule is CCOC(=O)CC(CC(=O)OCC)ON. The van der Waals surface area contributed by atoms with Gasteiger partial charge in [0, 0.05) is 0 Å². The Kier molecular flexibility index (Phi) is 7.57. The number of hydrogen-bond donors (Lipinski definition) is 1. The molecule has 15 heavy (non-hydrogen) atoms. The van der Waals surface area contributed by atoms with Gasteiger partial charge in [0.05, 0.1) is 32.2 Å². The zero-order chi connectivity index (χ0) is 11.7. The van der Waals surface area contributed by atoms with Crippen LogP contribution in [0.5, 0.6) is 0 Å². The number of rotatable bonds is 7. The molecule has 0 aromatic heterocycles. The van der Waals surface area contributed by atoms with E-state index in [1.807, 2.05) is 0 Å². The minimum atomic E-state index is -0.692. The molecule has 0 radical (unpaired) electrons. The van der Waals surface area contributed by atoms with Gasteiger partial charge in [-0.05, 0) is 13.8 Å². The third-order valence-corrected chi connectivity index (χ3v) is 1.59. The van der Waals surface area contributed by atoms with Gasteiger partial charge in [-0.3, -0.25) is 9.59 Å². The molecule has 0 amide bonds. The lowest BCUT2D eigenvalue weighted by Crippen LogP contribution is -2.26. The van der Waals surface area contributed by atoms with Crippen LogP contribution in [0, 0.1) is 0 Å². The zero-order valence-corrected chi connectivity index (χ0v) is 9.02. The van der Waals surface area contributed by atoms with Gasteiger partial charge in [0.15, 0.2) is 0 Å². The summed E-state index contributed by atoms with van der Waals surface area (Å²) in [4.78, 5) is 26.6. The van der Waals surface area contributed by atoms with Crippen LogP contribution in [-0.4, -0.2) is 31.3 Å². The molecule has 0 spiro atoms. The summed E-state index contributed by atoms with van der Waals surface area (Å²) >= 11 is 0. The third kappa shape index (κ3) is 6.87. The van der Waals surface area contributed by atoms with Gasteiger partial charge in [0.1, 0.15) is 0 Å². The average molecular weight is 219 g/mol. The van der Waals surface area contributed by atoms with Crippen molar-refractivity contribution in [1.82, 2.24) is 0 Å². The van der Waals surface area contributed by atoms with Crippen LogP contribution in [-0.2, 0) is 23.9 Å². The fourth-order valence-electron chi connectivity index (χ4n) is 0.980. The molecule has 0 atom stereocenters. The van der Waals surface area contributed by atoms with Gasteiger partial charge in [0.2, 0.25) is 0 Å². The second-order valence-electron chi connectivity index (χ2n) is 2.78. The van der Waals surface area contributed by atoms with E-state index in [1.54, 1.807) is 13.8 Å². The Morgan fingerprint density at radius 3 is 1.73 bits per heavy atom. The van der Waals surface area contributed by atoms with Crippen molar-refractivity contribution in [3.05, 3.63) is 0 Å². The van der Waals surface area contributed by atoms with Crippen molar-refractivity contribution < 1.29 is 23.9 Å². The van der Waals surface area contributed by atoms with Crippen molar-refractivity contribution in [2.75, 3.05) is 13.2 Å². The van der Waals surface area contributed by atoms with E-state index in [-0.39, 0.29) is 26.1 Å². The van der Waals surface area contributed by atoms with Crippen molar-refractivity contribution in [1.29, 1.82) is 0 Å². The lowest BCUT2D eigenvalue weighted by Gasteiger charge is -2.12. The summed E-state index contributed by atoms with van der Waals surface area (Å²) in [6.07, 6.45) is -0.796. The maximum Gasteiger partial charge on any atom is 0.308 e. The number of nitrogens with two attached hydrogens (primary N) is 1. The summed E-state index contributed by atoms with van der Waals surface area (Å²) in [5, 5.41) is 0. The summed E-state index contributed by atoms with van der Waals surface area (Å²) in [5.41, 5.74) is 0. The van der Waals surface area contributed by atoms with E-state index < -0.39 is 18.0 Å². The van der Waals surface area contributed by atoms with Crippen molar-refractivity contribution in [3.8, 4) is 0 Å². The van der Waals surface area contributed by atoms with Gasteiger partial charge in [0.25, 0.3) is 0 Å². The summed E-state index contributed by atoms with van der Waals surface area (Å²) in [6.45, 7) is 3.97. The van der Waals surface area contributed by atoms with Gasteiger partial charge in [-0.25, -0.2) is 5.90 Å². The Morgan fingerprint density at radius 2 is 1.47 bits per heavy atom. The standard InChI is InChI=1S/C9H17NO5/c1-3-13-8(11)5-7(15-10)6-9(12)14-4-2/h7H,3-6,10H2,1-2H3. The Balaban J connectivity index is 3.91. The second kappa shape index (κ2) is 8.19. The minimum absolute atomic E-state index is 0.0524. The van der Waals surface area contributed by atoms with Gasteiger partial charge in [-0.15, -0.1) is 0 Å². The maximum absolute atomic E-state index is 11.0. The molecule has 88 valence electrons. The van der Waals surface area contributed by atoms with Gasteiger partial charge in [-0.2, -0.15) is 0 Å². The zero-order valence-electron chi connectivity index (χ0n) is 9.02. The van der Waals surface area contributed by atoms with Crippen LogP contribution in [0.1, 0.15) is 26.7 Å². The second-order valence-corrected chi connectivity index (χ2v) is 2.78. The molecule has 0 aromatic carbocycles. The van der Waals surface area contributed by atoms with E-state index in [0.717, 1.165) is 0 Å². The highest BCUT2D eigenvalue weighted by Crippen LogP contribution is 2.04. The van der Waals surface area contributed by atoms with Crippen molar-refractivity contribution in [3.63, 3.8) is 0 Å². The Hall–Kier alpha value is -1.14. The lowest BCUT2D eigenvalue weighted by atomic mass is 10.2. The molecule has 0 fully saturated rings. The van der Waals surface area contributed by atoms with E-state index in [9.17, 15) is 9.59 Å². The molecule has 2 N–H and O–H groups in total. The normalized spacial score (nSPS) is 10.1. The first-order valence-electron chi connectivity index (χ1n) is 4.80. The molecule has 0 aromatic rings. The van der Waals surface area contributed by atoms with Gasteiger partial charge >= 0.3 is 11.9 Å². The topological polar surface area (TPSA) is 87.9 Å². The number of esters is 2. The van der Waals surface area contributed by atoms with Crippen LogP contribution < -0.4 is 5.90 Å². The highest BCUT2D eigenvalue weighted by Gasteiger charge is 2.19. The van der Waals surface area contributed by atoms with Crippen LogP contribution in [0.15, 0.2) is 0 Å². The molecular weight excluding hydrogens is 202 g/mol. The summed E-state index contributed by atoms with van der Waals surface area (Å²) in [6, 6.07) is 0. The molecule has 6 nitrogen and oxygen atoms in total. The first-order chi connectivity index (χ1) is 7.13. The molecule has 0 unspecified atom stereocenters. The van der Waals surface area contributed by atoms with Gasteiger partial charge in [-0.1, -0.05) is 0 Å². The van der Waals surface area contributed by atoms with Crippen LogP contribution >= 0.6 is 0 Å². The lowest BCUT2D eigenvalue weighted by molar-refractivity contribution is -0.151. The summed E-state index contributed by atoms with van der Waals surface area (Å²) in [5.74, 6) is 4.05. The molecule has 0 saturated carbocycles. The van der Waals surface area contributed by atoms with Crippen LogP contribution in [0.3, 0.4) is 0 Å². The molecule has 0 bridgehead atoms. The monoisotopic (exact) mass is 219 g/mol.